The number of unbranched alkanes of at least 4 members (excludes halogenated alkanes) is 2. The van der Waals surface area contributed by atoms with Crippen molar-refractivity contribution in [3.8, 4) is 39.2 Å². The number of guanidine groups is 1. The summed E-state index contributed by atoms with van der Waals surface area (Å²) >= 11 is 3.18. The van der Waals surface area contributed by atoms with E-state index in [0.717, 1.165) is 75.6 Å². The number of hydrogen-bond acceptors (Lipinski definition) is 9. The summed E-state index contributed by atoms with van der Waals surface area (Å²) in [7, 11) is 1.66. The Morgan fingerprint density at radius 2 is 1.95 bits per heavy atom. The Kier molecular flexibility index (Phi) is 12.8. The van der Waals surface area contributed by atoms with Crippen molar-refractivity contribution in [2.75, 3.05) is 19.0 Å². The number of nitrogens with two attached hydrogens (primary N) is 1. The molecule has 1 aliphatic heterocycles. The van der Waals surface area contributed by atoms with E-state index >= 15 is 4.79 Å². The monoisotopic (exact) mass is 822 g/mol. The molecular weight excluding hydrogens is 765 g/mol. The summed E-state index contributed by atoms with van der Waals surface area (Å²) in [4.78, 5) is 23.3. The summed E-state index contributed by atoms with van der Waals surface area (Å²) in [5.74, 6) is 13.4. The predicted octanol–water partition coefficient (Wildman–Crippen LogP) is 7.56. The molecular formula is C47H58N4O5S2. The summed E-state index contributed by atoms with van der Waals surface area (Å²) in [5, 5.41) is 51.5. The van der Waals surface area contributed by atoms with Crippen molar-refractivity contribution >= 4 is 46.2 Å². The quantitative estimate of drug-likeness (QED) is 0.0343. The maximum atomic E-state index is 15.1. The molecule has 0 amide bonds. The van der Waals surface area contributed by atoms with Gasteiger partial charge in [-0.3, -0.25) is 9.79 Å². The van der Waals surface area contributed by atoms with Gasteiger partial charge in [-0.1, -0.05) is 56.1 Å². The van der Waals surface area contributed by atoms with Gasteiger partial charge >= 0.3 is 0 Å². The normalized spacial score (nSPS) is 28.5. The Balaban J connectivity index is 1.36. The molecule has 1 aromatic carbocycles. The van der Waals surface area contributed by atoms with E-state index in [2.05, 4.69) is 58.4 Å². The minimum absolute atomic E-state index is 0.0716. The number of Topliss-reactive ketones (excluding diaryl/α,β-unsaturated/α-hetero) is 1. The predicted molar refractivity (Wildman–Crippen MR) is 236 cm³/mol. The average Bonchev–Trinajstić information content (AvgIpc) is 3.97. The molecule has 58 heavy (non-hydrogen) atoms. The van der Waals surface area contributed by atoms with Crippen LogP contribution in [0.25, 0.3) is 15.8 Å². The van der Waals surface area contributed by atoms with Crippen molar-refractivity contribution < 1.29 is 25.2 Å². The zero-order valence-corrected chi connectivity index (χ0v) is 35.7. The Hall–Kier alpha value is -4.10. The number of fused-ring (bicyclic) bond motifs is 5. The molecule has 1 spiro atoms. The van der Waals surface area contributed by atoms with E-state index in [0.29, 0.717) is 42.9 Å². The first-order chi connectivity index (χ1) is 27.9. The first-order valence-corrected chi connectivity index (χ1v) is 22.5. The highest BCUT2D eigenvalue weighted by Gasteiger charge is 2.61. The first kappa shape index (κ1) is 42.0. The lowest BCUT2D eigenvalue weighted by atomic mass is 9.57. The van der Waals surface area contributed by atoms with Gasteiger partial charge in [0.05, 0.1) is 45.9 Å². The number of nitrogens with one attached hydrogen (secondary N) is 2. The number of rotatable bonds is 11. The second-order valence-corrected chi connectivity index (χ2v) is 19.3. The molecule has 3 bridgehead atoms. The summed E-state index contributed by atoms with van der Waals surface area (Å²) in [5.41, 5.74) is 8.50. The van der Waals surface area contributed by atoms with Gasteiger partial charge in [-0.15, -0.1) is 28.6 Å². The Bertz CT molecular complexity index is 2180. The smallest absolute Gasteiger partial charge is 0.188 e. The third-order valence-electron chi connectivity index (χ3n) is 13.5. The fraction of sp³-hybridized carbons (Fsp3) is 0.532. The third kappa shape index (κ3) is 8.22. The first-order valence-electron chi connectivity index (χ1n) is 20.9. The lowest BCUT2D eigenvalue weighted by Gasteiger charge is -2.47. The van der Waals surface area contributed by atoms with Crippen molar-refractivity contribution in [3.63, 3.8) is 0 Å². The van der Waals surface area contributed by atoms with Crippen LogP contribution in [0, 0.1) is 52.3 Å². The van der Waals surface area contributed by atoms with Crippen molar-refractivity contribution in [1.82, 2.24) is 5.32 Å². The highest BCUT2D eigenvalue weighted by atomic mass is 32.1. The number of aliphatic imine (C=N–C) groups is 1. The lowest BCUT2D eigenvalue weighted by molar-refractivity contribution is -0.00541. The van der Waals surface area contributed by atoms with Crippen LogP contribution in [-0.4, -0.2) is 70.1 Å². The van der Waals surface area contributed by atoms with E-state index in [4.69, 9.17) is 5.73 Å². The molecule has 308 valence electrons. The van der Waals surface area contributed by atoms with Crippen molar-refractivity contribution in [2.24, 2.45) is 39.3 Å². The molecule has 7 rings (SSSR count). The summed E-state index contributed by atoms with van der Waals surface area (Å²) in [6.07, 6.45) is 10.5. The molecule has 3 aromatic rings. The van der Waals surface area contributed by atoms with Gasteiger partial charge in [0.1, 0.15) is 5.75 Å². The number of carbonyl (C=O) groups excluding carboxylic acids is 1. The number of nitrogens with zero attached hydrogens (tertiary/aromatic N) is 1. The third-order valence-corrected chi connectivity index (χ3v) is 15.8. The van der Waals surface area contributed by atoms with Gasteiger partial charge in [-0.25, -0.2) is 0 Å². The number of aliphatic hydroxyl groups excluding tert-OH is 3. The molecule has 2 fully saturated rings. The SMILES string of the molecule is CC#Cc1ccc(-c2ccc(C(=O)[C@@H]3CC[C@@H]4C[C@]35C[C@@H]([C@H](O)CO)[C@@](CCCCC)(CC#Cc3c(cc(O)c6c3N[C@@H]([C@H](C)O)C=C6)C[C@@H]4NC(N)=NC)C5)s2)s1. The van der Waals surface area contributed by atoms with Gasteiger partial charge in [0, 0.05) is 40.7 Å². The lowest BCUT2D eigenvalue weighted by Crippen LogP contribution is -2.50. The van der Waals surface area contributed by atoms with E-state index in [1.54, 1.807) is 36.6 Å². The molecule has 2 aromatic heterocycles. The Morgan fingerprint density at radius 3 is 2.69 bits per heavy atom. The standard InChI is InChI=1S/C47H58N4O5S2/c1-5-7-8-20-46-21-9-11-32-30(23-38(54)33-14-16-36(28(3)53)50-43(32)33)22-37(51-45(48)49-4)29-12-15-34(47(24-29,27-46)25-35(46)39(55)26-52)44(56)42-19-18-41(58-42)40-17-13-31(57-40)10-6-2/h13-14,16-19,23,28-29,34-37,39,50,52-55H,5,7-8,12,15,20-22,24-27H2,1-4H3,(H3,48,49,51)/t28-,29+,34-,35-,36+,37-,39+,46-,47+/m0/s1. The maximum absolute atomic E-state index is 15.1. The topological polar surface area (TPSA) is 160 Å². The van der Waals surface area contributed by atoms with Crippen LogP contribution in [0.4, 0.5) is 5.69 Å². The van der Waals surface area contributed by atoms with Crippen molar-refractivity contribution in [2.45, 2.75) is 116 Å². The Morgan fingerprint density at radius 1 is 1.16 bits per heavy atom. The maximum Gasteiger partial charge on any atom is 0.188 e. The average molecular weight is 823 g/mol. The highest BCUT2D eigenvalue weighted by Crippen LogP contribution is 2.66. The molecule has 9 nitrogen and oxygen atoms in total. The molecule has 3 heterocycles. The minimum Gasteiger partial charge on any atom is -0.507 e. The fourth-order valence-corrected chi connectivity index (χ4v) is 12.8. The van der Waals surface area contributed by atoms with Gasteiger partial charge in [0.2, 0.25) is 0 Å². The molecule has 9 atom stereocenters. The summed E-state index contributed by atoms with van der Waals surface area (Å²) in [6, 6.07) is 9.40. The number of aromatic hydroxyl groups is 1. The second kappa shape index (κ2) is 17.6. The Labute approximate surface area is 351 Å². The van der Waals surface area contributed by atoms with Crippen molar-refractivity contribution in [3.05, 3.63) is 62.9 Å². The second-order valence-electron chi connectivity index (χ2n) is 17.1. The number of aliphatic hydroxyl groups is 3. The van der Waals surface area contributed by atoms with E-state index < -0.39 is 23.0 Å². The number of anilines is 1. The number of ketones is 1. The van der Waals surface area contributed by atoms with Crippen LogP contribution in [0.2, 0.25) is 0 Å². The van der Waals surface area contributed by atoms with E-state index in [1.807, 2.05) is 37.3 Å². The molecule has 0 unspecified atom stereocenters. The molecule has 11 heteroatoms. The number of thiophene rings is 2. The fourth-order valence-electron chi connectivity index (χ4n) is 10.8. The van der Waals surface area contributed by atoms with Crippen LogP contribution in [0.15, 0.2) is 41.4 Å². The minimum atomic E-state index is -0.955. The number of phenols is 1. The molecule has 3 aliphatic carbocycles. The number of phenolic OH excluding ortho intramolecular Hbond substituents is 1. The molecule has 8 N–H and O–H groups in total. The van der Waals surface area contributed by atoms with Crippen LogP contribution in [-0.2, 0) is 6.42 Å². The molecule has 0 saturated heterocycles. The van der Waals surface area contributed by atoms with Gasteiger partial charge in [0.25, 0.3) is 0 Å². The zero-order chi connectivity index (χ0) is 41.2. The van der Waals surface area contributed by atoms with E-state index in [9.17, 15) is 20.4 Å². The molecule has 0 radical (unpaired) electrons. The van der Waals surface area contributed by atoms with Crippen LogP contribution in [0.5, 0.6) is 5.75 Å². The largest absolute Gasteiger partial charge is 0.507 e. The van der Waals surface area contributed by atoms with Crippen molar-refractivity contribution in [1.29, 1.82) is 0 Å². The van der Waals surface area contributed by atoms with Gasteiger partial charge in [-0.05, 0) is 117 Å². The van der Waals surface area contributed by atoms with E-state index in [1.165, 1.54) is 0 Å². The van der Waals surface area contributed by atoms with Gasteiger partial charge in [0.15, 0.2) is 11.7 Å². The van der Waals surface area contributed by atoms with Gasteiger partial charge < -0.3 is 36.8 Å². The summed E-state index contributed by atoms with van der Waals surface area (Å²) < 4.78 is 0. The molecule has 2 saturated carbocycles. The van der Waals surface area contributed by atoms with Crippen LogP contribution in [0.1, 0.15) is 116 Å². The van der Waals surface area contributed by atoms with E-state index in [-0.39, 0.29) is 48.0 Å². The molecule has 4 aliphatic rings. The van der Waals surface area contributed by atoms with Crippen LogP contribution < -0.4 is 16.4 Å². The number of hydrogen-bond donors (Lipinski definition) is 7. The van der Waals surface area contributed by atoms with Gasteiger partial charge in [-0.2, -0.15) is 0 Å². The summed E-state index contributed by atoms with van der Waals surface area (Å²) in [6.45, 7) is 5.40. The number of carbonyl (C=O) groups is 1. The number of benzene rings is 1. The highest BCUT2D eigenvalue weighted by molar-refractivity contribution is 7.23. The van der Waals surface area contributed by atoms with Crippen LogP contribution in [0.3, 0.4) is 0 Å². The van der Waals surface area contributed by atoms with Crippen LogP contribution >= 0.6 is 22.7 Å². The zero-order valence-electron chi connectivity index (χ0n) is 34.1.